The van der Waals surface area contributed by atoms with Crippen molar-refractivity contribution in [2.45, 2.75) is 129 Å². The summed E-state index contributed by atoms with van der Waals surface area (Å²) in [6.07, 6.45) is -0.815. The van der Waals surface area contributed by atoms with Gasteiger partial charge in [-0.1, -0.05) is 27.7 Å². The van der Waals surface area contributed by atoms with Crippen molar-refractivity contribution in [3.63, 3.8) is 0 Å². The number of carbonyl (C=O) groups excluding carboxylic acids is 3. The lowest BCUT2D eigenvalue weighted by molar-refractivity contribution is -0.259. The summed E-state index contributed by atoms with van der Waals surface area (Å²) in [6.45, 7) is 10.7. The summed E-state index contributed by atoms with van der Waals surface area (Å²) < 4.78 is 11.3. The SMILES string of the molecule is CCCN(C(=O)C(=O)C1(O)OC(C)CCC1C)C(CC)C(=O)OC(C)C(C)CC1CCC(O)C(O)C1O. The van der Waals surface area contributed by atoms with Gasteiger partial charge in [-0.15, -0.1) is 0 Å². The van der Waals surface area contributed by atoms with Gasteiger partial charge in [-0.3, -0.25) is 9.59 Å². The molecule has 2 rings (SSSR count). The molecule has 0 bridgehead atoms. The second kappa shape index (κ2) is 13.5. The molecule has 37 heavy (non-hydrogen) atoms. The maximum absolute atomic E-state index is 13.3. The molecule has 1 saturated carbocycles. The third-order valence-corrected chi connectivity index (χ3v) is 8.17. The number of nitrogens with zero attached hydrogens (tertiary/aromatic N) is 1. The van der Waals surface area contributed by atoms with Gasteiger partial charge < -0.3 is 34.8 Å². The van der Waals surface area contributed by atoms with E-state index < -0.39 is 59.8 Å². The van der Waals surface area contributed by atoms with Crippen molar-refractivity contribution in [3.8, 4) is 0 Å². The normalized spacial score (nSPS) is 34.8. The van der Waals surface area contributed by atoms with Crippen LogP contribution in [0.1, 0.15) is 86.5 Å². The molecule has 1 aliphatic heterocycles. The van der Waals surface area contributed by atoms with Gasteiger partial charge in [-0.2, -0.15) is 0 Å². The zero-order valence-corrected chi connectivity index (χ0v) is 23.1. The van der Waals surface area contributed by atoms with Gasteiger partial charge in [0.1, 0.15) is 18.2 Å². The smallest absolute Gasteiger partial charge is 0.329 e. The summed E-state index contributed by atoms with van der Waals surface area (Å²) >= 11 is 0. The van der Waals surface area contributed by atoms with Crippen LogP contribution < -0.4 is 0 Å². The highest BCUT2D eigenvalue weighted by Gasteiger charge is 2.51. The molecule has 1 amide bonds. The summed E-state index contributed by atoms with van der Waals surface area (Å²) in [7, 11) is 0. The van der Waals surface area contributed by atoms with Crippen LogP contribution in [-0.4, -0.2) is 91.9 Å². The highest BCUT2D eigenvalue weighted by molar-refractivity contribution is 6.39. The Balaban J connectivity index is 2.10. The predicted octanol–water partition coefficient (Wildman–Crippen LogP) is 1.55. The van der Waals surface area contributed by atoms with E-state index >= 15 is 0 Å². The molecule has 10 atom stereocenters. The van der Waals surface area contributed by atoms with E-state index in [1.54, 1.807) is 27.7 Å². The molecule has 2 fully saturated rings. The number of ether oxygens (including phenoxy) is 2. The second-order valence-electron chi connectivity index (χ2n) is 11.1. The fourth-order valence-electron chi connectivity index (χ4n) is 5.41. The average Bonchev–Trinajstić information content (AvgIpc) is 2.85. The van der Waals surface area contributed by atoms with Crippen molar-refractivity contribution >= 4 is 17.7 Å². The van der Waals surface area contributed by atoms with E-state index in [-0.39, 0.29) is 30.9 Å². The minimum Gasteiger partial charge on any atom is -0.461 e. The summed E-state index contributed by atoms with van der Waals surface area (Å²) in [6, 6.07) is -1.01. The Labute approximate surface area is 220 Å². The molecule has 1 saturated heterocycles. The van der Waals surface area contributed by atoms with E-state index in [0.29, 0.717) is 38.5 Å². The molecule has 2 aliphatic rings. The second-order valence-corrected chi connectivity index (χ2v) is 11.1. The minimum atomic E-state index is -2.23. The van der Waals surface area contributed by atoms with E-state index in [9.17, 15) is 34.8 Å². The minimum absolute atomic E-state index is 0.136. The van der Waals surface area contributed by atoms with Gasteiger partial charge in [0.25, 0.3) is 11.7 Å². The first kappa shape index (κ1) is 31.6. The van der Waals surface area contributed by atoms with Crippen LogP contribution in [0.25, 0.3) is 0 Å². The van der Waals surface area contributed by atoms with Gasteiger partial charge in [0.15, 0.2) is 0 Å². The number of esters is 1. The van der Waals surface area contributed by atoms with Crippen LogP contribution in [0.2, 0.25) is 0 Å². The molecular weight excluding hydrogens is 482 g/mol. The predicted molar refractivity (Wildman–Crippen MR) is 135 cm³/mol. The van der Waals surface area contributed by atoms with Crippen LogP contribution in [0.4, 0.5) is 0 Å². The van der Waals surface area contributed by atoms with E-state index in [0.717, 1.165) is 0 Å². The number of carbonyl (C=O) groups is 3. The van der Waals surface area contributed by atoms with Crippen molar-refractivity contribution in [2.75, 3.05) is 6.54 Å². The molecule has 0 aromatic heterocycles. The molecule has 1 heterocycles. The molecule has 4 N–H and O–H groups in total. The number of Topliss-reactive ketones (excluding diaryl/α,β-unsaturated/α-hetero) is 1. The maximum atomic E-state index is 13.3. The first-order valence-corrected chi connectivity index (χ1v) is 13.8. The van der Waals surface area contributed by atoms with E-state index in [4.69, 9.17) is 9.47 Å². The van der Waals surface area contributed by atoms with Crippen LogP contribution >= 0.6 is 0 Å². The van der Waals surface area contributed by atoms with Crippen LogP contribution in [-0.2, 0) is 23.9 Å². The van der Waals surface area contributed by atoms with Crippen molar-refractivity contribution < 1.29 is 44.3 Å². The van der Waals surface area contributed by atoms with Gasteiger partial charge in [-0.25, -0.2) is 4.79 Å². The number of hydrogen-bond acceptors (Lipinski definition) is 9. The lowest BCUT2D eigenvalue weighted by Crippen LogP contribution is -2.59. The summed E-state index contributed by atoms with van der Waals surface area (Å²) in [5, 5.41) is 41.1. The molecule has 0 radical (unpaired) electrons. The fraction of sp³-hybridized carbons (Fsp3) is 0.889. The Morgan fingerprint density at radius 3 is 2.27 bits per heavy atom. The molecular formula is C27H47NO9. The lowest BCUT2D eigenvalue weighted by Gasteiger charge is -2.40. The molecule has 0 aromatic rings. The topological polar surface area (TPSA) is 154 Å². The molecule has 0 spiro atoms. The van der Waals surface area contributed by atoms with E-state index in [1.165, 1.54) is 4.90 Å². The number of aliphatic hydroxyl groups excluding tert-OH is 3. The van der Waals surface area contributed by atoms with Crippen molar-refractivity contribution in [1.82, 2.24) is 4.90 Å². The monoisotopic (exact) mass is 529 g/mol. The molecule has 10 unspecified atom stereocenters. The zero-order valence-electron chi connectivity index (χ0n) is 23.1. The first-order chi connectivity index (χ1) is 17.3. The largest absolute Gasteiger partial charge is 0.461 e. The zero-order chi connectivity index (χ0) is 28.1. The van der Waals surface area contributed by atoms with Crippen LogP contribution in [0, 0.1) is 17.8 Å². The Kier molecular flexibility index (Phi) is 11.5. The first-order valence-electron chi connectivity index (χ1n) is 13.8. The fourth-order valence-corrected chi connectivity index (χ4v) is 5.41. The Morgan fingerprint density at radius 2 is 1.68 bits per heavy atom. The highest BCUT2D eigenvalue weighted by Crippen LogP contribution is 2.34. The van der Waals surface area contributed by atoms with Gasteiger partial charge in [-0.05, 0) is 70.6 Å². The van der Waals surface area contributed by atoms with Gasteiger partial charge in [0.2, 0.25) is 5.79 Å². The average molecular weight is 530 g/mol. The standard InChI is InChI=1S/C27H47NO9/c1-7-13-28(25(33)24(32)27(35)16(4)9-10-17(5)37-27)20(8-2)26(34)36-18(6)15(3)14-19-11-12-21(29)23(31)22(19)30/h15-23,29-31,35H,7-14H2,1-6H3. The van der Waals surface area contributed by atoms with Crippen molar-refractivity contribution in [3.05, 3.63) is 0 Å². The number of rotatable bonds is 11. The van der Waals surface area contributed by atoms with Crippen LogP contribution in [0.3, 0.4) is 0 Å². The Morgan fingerprint density at radius 1 is 1.03 bits per heavy atom. The molecule has 214 valence electrons. The van der Waals surface area contributed by atoms with Gasteiger partial charge >= 0.3 is 5.97 Å². The third-order valence-electron chi connectivity index (χ3n) is 8.17. The summed E-state index contributed by atoms with van der Waals surface area (Å²) in [5.74, 6) is -5.89. The Bertz CT molecular complexity index is 792. The molecule has 10 nitrogen and oxygen atoms in total. The number of aliphatic hydroxyl groups is 4. The summed E-state index contributed by atoms with van der Waals surface area (Å²) in [5.41, 5.74) is 0. The molecule has 1 aliphatic carbocycles. The maximum Gasteiger partial charge on any atom is 0.329 e. The van der Waals surface area contributed by atoms with E-state index in [2.05, 4.69) is 0 Å². The molecule has 0 aromatic carbocycles. The van der Waals surface area contributed by atoms with Gasteiger partial charge in [0, 0.05) is 12.5 Å². The van der Waals surface area contributed by atoms with Crippen molar-refractivity contribution in [2.24, 2.45) is 17.8 Å². The Hall–Kier alpha value is -1.59. The number of amides is 1. The number of hydrogen-bond donors (Lipinski definition) is 4. The van der Waals surface area contributed by atoms with Crippen LogP contribution in [0.5, 0.6) is 0 Å². The van der Waals surface area contributed by atoms with Crippen molar-refractivity contribution in [1.29, 1.82) is 0 Å². The van der Waals surface area contributed by atoms with Gasteiger partial charge in [0.05, 0.1) is 18.3 Å². The third kappa shape index (κ3) is 7.29. The quantitative estimate of drug-likeness (QED) is 0.230. The van der Waals surface area contributed by atoms with Crippen LogP contribution in [0.15, 0.2) is 0 Å². The number of ketones is 1. The lowest BCUT2D eigenvalue weighted by atomic mass is 9.77. The van der Waals surface area contributed by atoms with E-state index in [1.807, 2.05) is 13.8 Å². The molecule has 10 heteroatoms. The highest BCUT2D eigenvalue weighted by atomic mass is 16.6. The summed E-state index contributed by atoms with van der Waals surface area (Å²) in [4.78, 5) is 40.9.